The first kappa shape index (κ1) is 15.5. The maximum Gasteiger partial charge on any atom is 0.252 e. The lowest BCUT2D eigenvalue weighted by Crippen LogP contribution is -2.27. The normalized spacial score (nSPS) is 19.7. The minimum Gasteiger partial charge on any atom is -0.399 e. The molecule has 3 N–H and O–H groups in total. The smallest absolute Gasteiger partial charge is 0.252 e. The van der Waals surface area contributed by atoms with Crippen molar-refractivity contribution in [3.05, 3.63) is 27.7 Å². The highest BCUT2D eigenvalue weighted by Gasteiger charge is 2.64. The highest BCUT2D eigenvalue weighted by Crippen LogP contribution is 2.67. The molecule has 1 aliphatic carbocycles. The second kappa shape index (κ2) is 4.81. The Kier molecular flexibility index (Phi) is 3.72. The molecule has 0 bridgehead atoms. The molecule has 0 saturated heterocycles. The number of nitrogens with one attached hydrogen (secondary N) is 1. The number of halogens is 2. The molecule has 1 fully saturated rings. The third kappa shape index (κ3) is 2.38. The Hall–Kier alpha value is -0.930. The van der Waals surface area contributed by atoms with Crippen molar-refractivity contribution >= 4 is 34.8 Å². The first-order valence-corrected chi connectivity index (χ1v) is 7.37. The van der Waals surface area contributed by atoms with Crippen molar-refractivity contribution in [2.45, 2.75) is 27.7 Å². The van der Waals surface area contributed by atoms with E-state index in [9.17, 15) is 4.79 Å². The standard InChI is InChI=1S/C15H20Cl2N2O/c1-14(2)11(15(14,3)4)7-19-13(20)9-5-8(18)6-10(16)12(9)17/h5-6,11H,7,18H2,1-4H3,(H,19,20). The highest BCUT2D eigenvalue weighted by atomic mass is 35.5. The average molecular weight is 315 g/mol. The molecule has 0 spiro atoms. The molecular formula is C15H20Cl2N2O. The lowest BCUT2D eigenvalue weighted by atomic mass is 10.0. The van der Waals surface area contributed by atoms with Gasteiger partial charge in [0.2, 0.25) is 0 Å². The van der Waals surface area contributed by atoms with E-state index in [4.69, 9.17) is 28.9 Å². The summed E-state index contributed by atoms with van der Waals surface area (Å²) in [4.78, 5) is 12.2. The van der Waals surface area contributed by atoms with E-state index in [0.29, 0.717) is 28.7 Å². The number of carbonyl (C=O) groups excluding carboxylic acids is 1. The number of nitrogens with two attached hydrogens (primary N) is 1. The Morgan fingerprint density at radius 3 is 2.30 bits per heavy atom. The monoisotopic (exact) mass is 314 g/mol. The zero-order valence-electron chi connectivity index (χ0n) is 12.2. The van der Waals surface area contributed by atoms with Gasteiger partial charge in [-0.3, -0.25) is 4.79 Å². The van der Waals surface area contributed by atoms with E-state index in [1.807, 2.05) is 0 Å². The van der Waals surface area contributed by atoms with Crippen molar-refractivity contribution in [2.75, 3.05) is 12.3 Å². The molecule has 1 amide bonds. The topological polar surface area (TPSA) is 55.1 Å². The summed E-state index contributed by atoms with van der Waals surface area (Å²) in [6.07, 6.45) is 0. The van der Waals surface area contributed by atoms with Crippen LogP contribution in [0.3, 0.4) is 0 Å². The molecule has 0 unspecified atom stereocenters. The largest absolute Gasteiger partial charge is 0.399 e. The molecule has 1 saturated carbocycles. The third-order valence-electron chi connectivity index (χ3n) is 5.08. The molecule has 20 heavy (non-hydrogen) atoms. The van der Waals surface area contributed by atoms with Crippen LogP contribution in [-0.2, 0) is 0 Å². The van der Waals surface area contributed by atoms with Crippen LogP contribution in [0.1, 0.15) is 38.1 Å². The van der Waals surface area contributed by atoms with Crippen molar-refractivity contribution in [1.82, 2.24) is 5.32 Å². The summed E-state index contributed by atoms with van der Waals surface area (Å²) >= 11 is 12.0. The summed E-state index contributed by atoms with van der Waals surface area (Å²) in [7, 11) is 0. The first-order chi connectivity index (χ1) is 9.09. The van der Waals surface area contributed by atoms with Crippen LogP contribution >= 0.6 is 23.2 Å². The van der Waals surface area contributed by atoms with Crippen molar-refractivity contribution in [1.29, 1.82) is 0 Å². The molecule has 1 aromatic carbocycles. The van der Waals surface area contributed by atoms with E-state index in [-0.39, 0.29) is 21.8 Å². The Morgan fingerprint density at radius 1 is 1.25 bits per heavy atom. The Labute approximate surface area is 129 Å². The fraction of sp³-hybridized carbons (Fsp3) is 0.533. The molecule has 0 atom stereocenters. The van der Waals surface area contributed by atoms with Crippen LogP contribution in [0.4, 0.5) is 5.69 Å². The van der Waals surface area contributed by atoms with E-state index >= 15 is 0 Å². The van der Waals surface area contributed by atoms with Gasteiger partial charge in [0.15, 0.2) is 0 Å². The van der Waals surface area contributed by atoms with Crippen LogP contribution in [0.2, 0.25) is 10.0 Å². The molecule has 110 valence electrons. The molecule has 1 aromatic rings. The van der Waals surface area contributed by atoms with Crippen LogP contribution < -0.4 is 11.1 Å². The van der Waals surface area contributed by atoms with Crippen molar-refractivity contribution in [3.8, 4) is 0 Å². The summed E-state index contributed by atoms with van der Waals surface area (Å²) in [5.41, 5.74) is 6.92. The van der Waals surface area contributed by atoms with E-state index < -0.39 is 0 Å². The number of hydrogen-bond donors (Lipinski definition) is 2. The van der Waals surface area contributed by atoms with Gasteiger partial charge < -0.3 is 11.1 Å². The maximum absolute atomic E-state index is 12.2. The fourth-order valence-electron chi connectivity index (χ4n) is 2.91. The number of amides is 1. The molecule has 5 heteroatoms. The second-order valence-corrected chi connectivity index (χ2v) is 7.36. The maximum atomic E-state index is 12.2. The predicted octanol–water partition coefficient (Wildman–Crippen LogP) is 3.99. The summed E-state index contributed by atoms with van der Waals surface area (Å²) in [6, 6.07) is 3.08. The van der Waals surface area contributed by atoms with Gasteiger partial charge in [0.05, 0.1) is 15.6 Å². The molecule has 2 rings (SSSR count). The summed E-state index contributed by atoms with van der Waals surface area (Å²) < 4.78 is 0. The van der Waals surface area contributed by atoms with E-state index in [2.05, 4.69) is 33.0 Å². The van der Waals surface area contributed by atoms with Gasteiger partial charge in [-0.25, -0.2) is 0 Å². The van der Waals surface area contributed by atoms with Gasteiger partial charge in [-0.15, -0.1) is 0 Å². The number of nitrogen functional groups attached to an aromatic ring is 1. The Balaban J connectivity index is 2.08. The second-order valence-electron chi connectivity index (χ2n) is 6.57. The van der Waals surface area contributed by atoms with Crippen molar-refractivity contribution in [3.63, 3.8) is 0 Å². The zero-order valence-corrected chi connectivity index (χ0v) is 13.7. The van der Waals surface area contributed by atoms with E-state index in [1.54, 1.807) is 6.07 Å². The zero-order chi connectivity index (χ0) is 15.3. The van der Waals surface area contributed by atoms with E-state index in [0.717, 1.165) is 0 Å². The Morgan fingerprint density at radius 2 is 1.80 bits per heavy atom. The number of carbonyl (C=O) groups is 1. The van der Waals surface area contributed by atoms with Crippen LogP contribution in [0.25, 0.3) is 0 Å². The number of benzene rings is 1. The number of rotatable bonds is 3. The van der Waals surface area contributed by atoms with Gasteiger partial charge in [0, 0.05) is 12.2 Å². The van der Waals surface area contributed by atoms with Gasteiger partial charge in [-0.2, -0.15) is 0 Å². The van der Waals surface area contributed by atoms with Gasteiger partial charge in [-0.05, 0) is 28.9 Å². The lowest BCUT2D eigenvalue weighted by molar-refractivity contribution is 0.0950. The quantitative estimate of drug-likeness (QED) is 0.829. The molecule has 3 nitrogen and oxygen atoms in total. The van der Waals surface area contributed by atoms with Crippen LogP contribution in [0, 0.1) is 16.7 Å². The van der Waals surface area contributed by atoms with Gasteiger partial charge in [0.25, 0.3) is 5.91 Å². The molecule has 0 radical (unpaired) electrons. The summed E-state index contributed by atoms with van der Waals surface area (Å²) in [5, 5.41) is 3.47. The SMILES string of the molecule is CC1(C)C(CNC(=O)c2cc(N)cc(Cl)c2Cl)C1(C)C. The molecule has 0 heterocycles. The first-order valence-electron chi connectivity index (χ1n) is 6.61. The van der Waals surface area contributed by atoms with Crippen LogP contribution in [-0.4, -0.2) is 12.5 Å². The van der Waals surface area contributed by atoms with E-state index in [1.165, 1.54) is 6.07 Å². The summed E-state index contributed by atoms with van der Waals surface area (Å²) in [6.45, 7) is 9.49. The third-order valence-corrected chi connectivity index (χ3v) is 5.88. The van der Waals surface area contributed by atoms with Gasteiger partial charge in [0.1, 0.15) is 0 Å². The minimum atomic E-state index is -0.234. The Bertz CT molecular complexity index is 553. The van der Waals surface area contributed by atoms with Crippen molar-refractivity contribution < 1.29 is 4.79 Å². The average Bonchev–Trinajstić information content (AvgIpc) is 2.71. The molecular weight excluding hydrogens is 295 g/mol. The van der Waals surface area contributed by atoms with Crippen LogP contribution in [0.5, 0.6) is 0 Å². The van der Waals surface area contributed by atoms with Gasteiger partial charge >= 0.3 is 0 Å². The molecule has 0 aliphatic heterocycles. The number of hydrogen-bond acceptors (Lipinski definition) is 2. The molecule has 0 aromatic heterocycles. The van der Waals surface area contributed by atoms with Crippen molar-refractivity contribution in [2.24, 2.45) is 16.7 Å². The predicted molar refractivity (Wildman–Crippen MR) is 84.3 cm³/mol. The van der Waals surface area contributed by atoms with Crippen LogP contribution in [0.15, 0.2) is 12.1 Å². The molecule has 1 aliphatic rings. The highest BCUT2D eigenvalue weighted by molar-refractivity contribution is 6.44. The minimum absolute atomic E-state index is 0.234. The summed E-state index contributed by atoms with van der Waals surface area (Å²) in [5.74, 6) is 0.219. The fourth-order valence-corrected chi connectivity index (χ4v) is 3.33. The lowest BCUT2D eigenvalue weighted by Gasteiger charge is -2.09. The number of anilines is 1. The van der Waals surface area contributed by atoms with Gasteiger partial charge in [-0.1, -0.05) is 50.9 Å².